The van der Waals surface area contributed by atoms with Crippen molar-refractivity contribution in [2.75, 3.05) is 0 Å². The van der Waals surface area contributed by atoms with E-state index in [2.05, 4.69) is 15.5 Å². The molecule has 0 spiro atoms. The van der Waals surface area contributed by atoms with Crippen molar-refractivity contribution in [3.05, 3.63) is 64.2 Å². The molecule has 3 aromatic rings. The van der Waals surface area contributed by atoms with Gasteiger partial charge in [-0.05, 0) is 16.0 Å². The molecule has 0 saturated carbocycles. The Morgan fingerprint density at radius 1 is 1.27 bits per heavy atom. The third kappa shape index (κ3) is 3.34. The maximum absolute atomic E-state index is 11.3. The van der Waals surface area contributed by atoms with Gasteiger partial charge in [-0.1, -0.05) is 42.1 Å². The minimum absolute atomic E-state index is 0.394. The molecule has 8 heteroatoms. The first-order valence-corrected chi connectivity index (χ1v) is 7.44. The average Bonchev–Trinajstić information content (AvgIpc) is 2.97. The predicted octanol–water partition coefficient (Wildman–Crippen LogP) is 1.67. The maximum Gasteiger partial charge on any atom is 0.226 e. The fourth-order valence-electron chi connectivity index (χ4n) is 1.81. The Morgan fingerprint density at radius 2 is 2.09 bits per heavy atom. The van der Waals surface area contributed by atoms with E-state index in [9.17, 15) is 4.79 Å². The number of thioether (sulfide) groups is 1. The second kappa shape index (κ2) is 6.44. The van der Waals surface area contributed by atoms with Crippen molar-refractivity contribution in [3.63, 3.8) is 0 Å². The molecule has 0 aliphatic carbocycles. The van der Waals surface area contributed by atoms with E-state index in [-0.39, 0.29) is 0 Å². The fourth-order valence-corrected chi connectivity index (χ4v) is 2.58. The van der Waals surface area contributed by atoms with Crippen LogP contribution in [-0.2, 0) is 12.3 Å². The zero-order valence-corrected chi connectivity index (χ0v) is 12.2. The van der Waals surface area contributed by atoms with Crippen molar-refractivity contribution < 1.29 is 9.52 Å². The van der Waals surface area contributed by atoms with E-state index < -0.39 is 11.2 Å². The lowest BCUT2D eigenvalue weighted by Gasteiger charge is -2.04. The Kier molecular flexibility index (Phi) is 4.19. The van der Waals surface area contributed by atoms with E-state index in [0.29, 0.717) is 23.2 Å². The lowest BCUT2D eigenvalue weighted by atomic mass is 10.2. The summed E-state index contributed by atoms with van der Waals surface area (Å²) in [4.78, 5) is 11.3. The van der Waals surface area contributed by atoms with Crippen LogP contribution < -0.4 is 5.43 Å². The van der Waals surface area contributed by atoms with Crippen molar-refractivity contribution in [3.8, 4) is 5.75 Å². The first kappa shape index (κ1) is 14.3. The predicted molar refractivity (Wildman–Crippen MR) is 79.6 cm³/mol. The molecule has 0 radical (unpaired) electrons. The largest absolute Gasteiger partial charge is 0.502 e. The molecule has 2 aromatic heterocycles. The Labute approximate surface area is 129 Å². The number of aromatic hydroxyl groups is 1. The minimum Gasteiger partial charge on any atom is -0.502 e. The van der Waals surface area contributed by atoms with E-state index in [1.165, 1.54) is 17.8 Å². The van der Waals surface area contributed by atoms with Gasteiger partial charge in [0.1, 0.15) is 12.0 Å². The summed E-state index contributed by atoms with van der Waals surface area (Å²) in [5.41, 5.74) is 0.624. The minimum atomic E-state index is -0.467. The highest BCUT2D eigenvalue weighted by Crippen LogP contribution is 2.20. The molecule has 0 aliphatic heterocycles. The number of hydrogen-bond acceptors (Lipinski definition) is 7. The second-order valence-electron chi connectivity index (χ2n) is 4.49. The summed E-state index contributed by atoms with van der Waals surface area (Å²) in [6, 6.07) is 11.1. The number of hydrogen-bond donors (Lipinski definition) is 1. The molecule has 0 aliphatic rings. The highest BCUT2D eigenvalue weighted by molar-refractivity contribution is 7.98. The molecule has 0 unspecified atom stereocenters. The molecular weight excluding hydrogens is 304 g/mol. The molecular formula is C14H12N4O3S. The van der Waals surface area contributed by atoms with E-state index in [1.54, 1.807) is 4.68 Å². The number of nitrogens with zero attached hydrogens (tertiary/aromatic N) is 4. The van der Waals surface area contributed by atoms with Gasteiger partial charge in [0, 0.05) is 6.07 Å². The average molecular weight is 316 g/mol. The zero-order chi connectivity index (χ0) is 15.4. The van der Waals surface area contributed by atoms with Crippen LogP contribution in [0.2, 0.25) is 0 Å². The quantitative estimate of drug-likeness (QED) is 0.715. The molecule has 3 rings (SSSR count). The van der Waals surface area contributed by atoms with E-state index in [1.807, 2.05) is 30.3 Å². The first-order valence-electron chi connectivity index (χ1n) is 6.46. The van der Waals surface area contributed by atoms with Gasteiger partial charge in [-0.25, -0.2) is 4.68 Å². The van der Waals surface area contributed by atoms with E-state index in [0.717, 1.165) is 11.8 Å². The Hall–Kier alpha value is -2.61. The number of aromatic nitrogens is 4. The molecule has 0 amide bonds. The van der Waals surface area contributed by atoms with Gasteiger partial charge in [-0.3, -0.25) is 4.79 Å². The third-order valence-electron chi connectivity index (χ3n) is 2.88. The van der Waals surface area contributed by atoms with Crippen LogP contribution >= 0.6 is 11.8 Å². The van der Waals surface area contributed by atoms with Crippen LogP contribution in [0.25, 0.3) is 0 Å². The zero-order valence-electron chi connectivity index (χ0n) is 11.4. The SMILES string of the molecule is O=c1cc(CSc2nnnn2Cc2ccccc2)occ1O. The second-order valence-corrected chi connectivity index (χ2v) is 5.43. The monoisotopic (exact) mass is 316 g/mol. The Morgan fingerprint density at radius 3 is 2.86 bits per heavy atom. The lowest BCUT2D eigenvalue weighted by molar-refractivity contribution is 0.419. The lowest BCUT2D eigenvalue weighted by Crippen LogP contribution is -2.04. The summed E-state index contributed by atoms with van der Waals surface area (Å²) >= 11 is 1.35. The summed E-state index contributed by atoms with van der Waals surface area (Å²) < 4.78 is 6.83. The van der Waals surface area contributed by atoms with Crippen molar-refractivity contribution in [1.82, 2.24) is 20.2 Å². The summed E-state index contributed by atoms with van der Waals surface area (Å²) in [6.45, 7) is 0.565. The number of tetrazole rings is 1. The van der Waals surface area contributed by atoms with Gasteiger partial charge in [0.2, 0.25) is 10.6 Å². The molecule has 0 saturated heterocycles. The van der Waals surface area contributed by atoms with Gasteiger partial charge in [0.15, 0.2) is 5.75 Å². The molecule has 0 fully saturated rings. The Bertz CT molecular complexity index is 816. The van der Waals surface area contributed by atoms with Crippen LogP contribution in [0, 0.1) is 0 Å². The highest BCUT2D eigenvalue weighted by Gasteiger charge is 2.09. The Balaban J connectivity index is 1.70. The summed E-state index contributed by atoms with van der Waals surface area (Å²) in [5.74, 6) is 0.440. The van der Waals surface area contributed by atoms with Crippen molar-refractivity contribution >= 4 is 11.8 Å². The maximum atomic E-state index is 11.3. The normalized spacial score (nSPS) is 10.7. The topological polar surface area (TPSA) is 94.0 Å². The van der Waals surface area contributed by atoms with Crippen LogP contribution in [0.15, 0.2) is 57.0 Å². The van der Waals surface area contributed by atoms with Crippen molar-refractivity contribution in [2.45, 2.75) is 17.5 Å². The van der Waals surface area contributed by atoms with Crippen molar-refractivity contribution in [2.24, 2.45) is 0 Å². The molecule has 22 heavy (non-hydrogen) atoms. The number of benzene rings is 1. The van der Waals surface area contributed by atoms with Crippen LogP contribution in [0.5, 0.6) is 5.75 Å². The van der Waals surface area contributed by atoms with Crippen LogP contribution in [0.3, 0.4) is 0 Å². The smallest absolute Gasteiger partial charge is 0.226 e. The van der Waals surface area contributed by atoms with Gasteiger partial charge in [0.05, 0.1) is 12.3 Å². The molecule has 0 bridgehead atoms. The molecule has 7 nitrogen and oxygen atoms in total. The van der Waals surface area contributed by atoms with E-state index in [4.69, 9.17) is 9.52 Å². The van der Waals surface area contributed by atoms with Gasteiger partial charge >= 0.3 is 0 Å². The highest BCUT2D eigenvalue weighted by atomic mass is 32.2. The van der Waals surface area contributed by atoms with E-state index >= 15 is 0 Å². The standard InChI is InChI=1S/C14H12N4O3S/c19-12-6-11(21-8-13(12)20)9-22-14-15-16-17-18(14)7-10-4-2-1-3-5-10/h1-6,8,20H,7,9H2. The first-order chi connectivity index (χ1) is 10.7. The molecule has 2 heterocycles. The molecule has 112 valence electrons. The summed E-state index contributed by atoms with van der Waals surface area (Å²) in [6.07, 6.45) is 1.03. The van der Waals surface area contributed by atoms with Gasteiger partial charge in [-0.2, -0.15) is 0 Å². The third-order valence-corrected chi connectivity index (χ3v) is 3.86. The number of rotatable bonds is 5. The van der Waals surface area contributed by atoms with Gasteiger partial charge in [-0.15, -0.1) is 5.10 Å². The molecule has 1 aromatic carbocycles. The summed E-state index contributed by atoms with van der Waals surface area (Å²) in [7, 11) is 0. The van der Waals surface area contributed by atoms with Gasteiger partial charge in [0.25, 0.3) is 0 Å². The van der Waals surface area contributed by atoms with Crippen LogP contribution in [-0.4, -0.2) is 25.3 Å². The van der Waals surface area contributed by atoms with Crippen molar-refractivity contribution in [1.29, 1.82) is 0 Å². The van der Waals surface area contributed by atoms with Crippen LogP contribution in [0.1, 0.15) is 11.3 Å². The van der Waals surface area contributed by atoms with Gasteiger partial charge < -0.3 is 9.52 Å². The summed E-state index contributed by atoms with van der Waals surface area (Å²) in [5, 5.41) is 21.4. The molecule has 1 N–H and O–H groups in total. The fraction of sp³-hybridized carbons (Fsp3) is 0.143. The molecule has 0 atom stereocenters. The van der Waals surface area contributed by atoms with Crippen LogP contribution in [0.4, 0.5) is 0 Å².